The number of aryl methyl sites for hydroxylation is 2. The summed E-state index contributed by atoms with van der Waals surface area (Å²) >= 11 is 0. The normalized spacial score (nSPS) is 10.5. The number of nitrogens with zero attached hydrogens (tertiary/aromatic N) is 3. The predicted octanol–water partition coefficient (Wildman–Crippen LogP) is 1.53. The first-order chi connectivity index (χ1) is 7.13. The smallest absolute Gasteiger partial charge is 0.239 e. The molecular formula is C11H14N4. The maximum atomic E-state index is 5.45. The highest BCUT2D eigenvalue weighted by Crippen LogP contribution is 2.10. The van der Waals surface area contributed by atoms with Gasteiger partial charge in [0, 0.05) is 0 Å². The van der Waals surface area contributed by atoms with E-state index >= 15 is 0 Å². The van der Waals surface area contributed by atoms with E-state index in [1.54, 1.807) is 11.0 Å². The lowest BCUT2D eigenvalue weighted by molar-refractivity contribution is 0.687. The van der Waals surface area contributed by atoms with Crippen molar-refractivity contribution in [1.82, 2.24) is 14.8 Å². The first kappa shape index (κ1) is 9.71. The standard InChI is InChI=1S/C11H14N4/c1-8-3-9(2)5-10(4-8)6-15-7-13-11(12)14-15/h3-5,7H,6H2,1-2H3,(H2,12,14). The molecule has 0 atom stereocenters. The number of rotatable bonds is 2. The molecule has 0 fully saturated rings. The van der Waals surface area contributed by atoms with Crippen molar-refractivity contribution < 1.29 is 0 Å². The number of nitrogen functional groups attached to an aromatic ring is 1. The third kappa shape index (κ3) is 2.34. The van der Waals surface area contributed by atoms with Crippen molar-refractivity contribution in [3.05, 3.63) is 41.2 Å². The average Bonchev–Trinajstić information content (AvgIpc) is 2.49. The molecule has 0 aliphatic rings. The summed E-state index contributed by atoms with van der Waals surface area (Å²) in [4.78, 5) is 3.89. The fourth-order valence-corrected chi connectivity index (χ4v) is 1.73. The van der Waals surface area contributed by atoms with Gasteiger partial charge >= 0.3 is 0 Å². The average molecular weight is 202 g/mol. The summed E-state index contributed by atoms with van der Waals surface area (Å²) in [7, 11) is 0. The van der Waals surface area contributed by atoms with Crippen LogP contribution in [0.2, 0.25) is 0 Å². The highest BCUT2D eigenvalue weighted by molar-refractivity contribution is 5.28. The van der Waals surface area contributed by atoms with Crippen LogP contribution in [0.4, 0.5) is 5.95 Å². The number of aromatic nitrogens is 3. The molecule has 0 bridgehead atoms. The third-order valence-corrected chi connectivity index (χ3v) is 2.18. The second-order valence-electron chi connectivity index (χ2n) is 3.80. The summed E-state index contributed by atoms with van der Waals surface area (Å²) < 4.78 is 1.74. The Morgan fingerprint density at radius 1 is 1.20 bits per heavy atom. The van der Waals surface area contributed by atoms with Crippen LogP contribution < -0.4 is 5.73 Å². The van der Waals surface area contributed by atoms with Crippen LogP contribution in [0, 0.1) is 13.8 Å². The van der Waals surface area contributed by atoms with Crippen molar-refractivity contribution in [1.29, 1.82) is 0 Å². The molecule has 0 aliphatic heterocycles. The van der Waals surface area contributed by atoms with Crippen LogP contribution in [-0.2, 0) is 6.54 Å². The molecule has 0 saturated carbocycles. The van der Waals surface area contributed by atoms with Crippen LogP contribution in [0.3, 0.4) is 0 Å². The molecule has 2 aromatic rings. The van der Waals surface area contributed by atoms with Gasteiger partial charge in [0.2, 0.25) is 5.95 Å². The minimum Gasteiger partial charge on any atom is -0.367 e. The maximum Gasteiger partial charge on any atom is 0.239 e. The lowest BCUT2D eigenvalue weighted by atomic mass is 10.1. The third-order valence-electron chi connectivity index (χ3n) is 2.18. The molecule has 0 radical (unpaired) electrons. The molecule has 0 saturated heterocycles. The molecule has 0 amide bonds. The predicted molar refractivity (Wildman–Crippen MR) is 59.5 cm³/mol. The zero-order valence-electron chi connectivity index (χ0n) is 8.94. The van der Waals surface area contributed by atoms with E-state index in [9.17, 15) is 0 Å². The zero-order chi connectivity index (χ0) is 10.8. The minimum atomic E-state index is 0.319. The Morgan fingerprint density at radius 2 is 1.87 bits per heavy atom. The van der Waals surface area contributed by atoms with E-state index in [1.807, 2.05) is 0 Å². The van der Waals surface area contributed by atoms with Gasteiger partial charge in [0.1, 0.15) is 6.33 Å². The summed E-state index contributed by atoms with van der Waals surface area (Å²) in [5.74, 6) is 0.319. The molecule has 0 unspecified atom stereocenters. The number of benzene rings is 1. The molecule has 78 valence electrons. The summed E-state index contributed by atoms with van der Waals surface area (Å²) in [6, 6.07) is 6.44. The van der Waals surface area contributed by atoms with E-state index in [-0.39, 0.29) is 0 Å². The first-order valence-corrected chi connectivity index (χ1v) is 4.85. The molecule has 2 N–H and O–H groups in total. The second-order valence-corrected chi connectivity index (χ2v) is 3.80. The molecule has 1 aromatic carbocycles. The first-order valence-electron chi connectivity index (χ1n) is 4.85. The largest absolute Gasteiger partial charge is 0.367 e. The second kappa shape index (κ2) is 3.73. The molecule has 4 nitrogen and oxygen atoms in total. The van der Waals surface area contributed by atoms with Gasteiger partial charge in [-0.05, 0) is 19.4 Å². The van der Waals surface area contributed by atoms with Crippen LogP contribution in [0.15, 0.2) is 24.5 Å². The van der Waals surface area contributed by atoms with Gasteiger partial charge in [-0.25, -0.2) is 9.67 Å². The fourth-order valence-electron chi connectivity index (χ4n) is 1.73. The van der Waals surface area contributed by atoms with Crippen molar-refractivity contribution in [2.24, 2.45) is 0 Å². The molecule has 0 aliphatic carbocycles. The number of hydrogen-bond donors (Lipinski definition) is 1. The van der Waals surface area contributed by atoms with Gasteiger partial charge in [-0.3, -0.25) is 0 Å². The molecule has 1 aromatic heterocycles. The fraction of sp³-hybridized carbons (Fsp3) is 0.273. The zero-order valence-corrected chi connectivity index (χ0v) is 8.94. The van der Waals surface area contributed by atoms with Gasteiger partial charge in [0.05, 0.1) is 6.54 Å². The Kier molecular flexibility index (Phi) is 2.41. The Hall–Kier alpha value is -1.84. The summed E-state index contributed by atoms with van der Waals surface area (Å²) in [5.41, 5.74) is 9.19. The van der Waals surface area contributed by atoms with E-state index in [4.69, 9.17) is 5.73 Å². The number of hydrogen-bond acceptors (Lipinski definition) is 3. The molecular weight excluding hydrogens is 188 g/mol. The van der Waals surface area contributed by atoms with Gasteiger partial charge in [-0.2, -0.15) is 0 Å². The highest BCUT2D eigenvalue weighted by atomic mass is 15.3. The Bertz CT molecular complexity index is 453. The van der Waals surface area contributed by atoms with Gasteiger partial charge in [0.15, 0.2) is 0 Å². The van der Waals surface area contributed by atoms with Gasteiger partial charge in [-0.1, -0.05) is 29.3 Å². The monoisotopic (exact) mass is 202 g/mol. The Morgan fingerprint density at radius 3 is 2.40 bits per heavy atom. The molecule has 4 heteroatoms. The lowest BCUT2D eigenvalue weighted by Crippen LogP contribution is -2.01. The summed E-state index contributed by atoms with van der Waals surface area (Å²) in [5, 5.41) is 4.05. The van der Waals surface area contributed by atoms with Crippen LogP contribution >= 0.6 is 0 Å². The van der Waals surface area contributed by atoms with Crippen LogP contribution in [0.5, 0.6) is 0 Å². The highest BCUT2D eigenvalue weighted by Gasteiger charge is 1.99. The quantitative estimate of drug-likeness (QED) is 0.803. The van der Waals surface area contributed by atoms with Gasteiger partial charge in [0.25, 0.3) is 0 Å². The van der Waals surface area contributed by atoms with Crippen molar-refractivity contribution in [2.45, 2.75) is 20.4 Å². The van der Waals surface area contributed by atoms with Gasteiger partial charge < -0.3 is 5.73 Å². The van der Waals surface area contributed by atoms with E-state index < -0.39 is 0 Å². The topological polar surface area (TPSA) is 56.7 Å². The van der Waals surface area contributed by atoms with Crippen molar-refractivity contribution in [3.8, 4) is 0 Å². The van der Waals surface area contributed by atoms with E-state index in [1.165, 1.54) is 16.7 Å². The van der Waals surface area contributed by atoms with Crippen LogP contribution in [-0.4, -0.2) is 14.8 Å². The summed E-state index contributed by atoms with van der Waals surface area (Å²) in [6.45, 7) is 4.89. The van der Waals surface area contributed by atoms with E-state index in [0.29, 0.717) is 12.5 Å². The molecule has 2 rings (SSSR count). The van der Waals surface area contributed by atoms with E-state index in [0.717, 1.165) is 0 Å². The van der Waals surface area contributed by atoms with Crippen LogP contribution in [0.1, 0.15) is 16.7 Å². The SMILES string of the molecule is Cc1cc(C)cc(Cn2cnc(N)n2)c1. The Labute approximate surface area is 88.8 Å². The van der Waals surface area contributed by atoms with Crippen molar-refractivity contribution >= 4 is 5.95 Å². The summed E-state index contributed by atoms with van der Waals surface area (Å²) in [6.07, 6.45) is 1.65. The van der Waals surface area contributed by atoms with Crippen molar-refractivity contribution in [3.63, 3.8) is 0 Å². The molecule has 0 spiro atoms. The number of nitrogens with two attached hydrogens (primary N) is 1. The van der Waals surface area contributed by atoms with Crippen LogP contribution in [0.25, 0.3) is 0 Å². The lowest BCUT2D eigenvalue weighted by Gasteiger charge is -2.04. The van der Waals surface area contributed by atoms with Gasteiger partial charge in [-0.15, -0.1) is 5.10 Å². The van der Waals surface area contributed by atoms with Crippen molar-refractivity contribution in [2.75, 3.05) is 5.73 Å². The number of anilines is 1. The Balaban J connectivity index is 2.24. The molecule has 1 heterocycles. The maximum absolute atomic E-state index is 5.45. The molecule has 15 heavy (non-hydrogen) atoms. The minimum absolute atomic E-state index is 0.319. The van der Waals surface area contributed by atoms with E-state index in [2.05, 4.69) is 42.1 Å².